The van der Waals surface area contributed by atoms with Crippen LogP contribution in [0.1, 0.15) is 239 Å². The number of hydrogen-bond donors (Lipinski definition) is 0. The molecule has 0 heterocycles. The minimum atomic E-state index is -0.804. The highest BCUT2D eigenvalue weighted by Crippen LogP contribution is 2.14. The molecule has 0 aromatic heterocycles. The Labute approximate surface area is 424 Å². The summed E-state index contributed by atoms with van der Waals surface area (Å²) in [6.45, 7) is 6.41. The van der Waals surface area contributed by atoms with Gasteiger partial charge in [0.2, 0.25) is 0 Å². The second kappa shape index (κ2) is 56.4. The van der Waals surface area contributed by atoms with Crippen LogP contribution >= 0.6 is 0 Å². The number of carbonyl (C=O) groups is 3. The largest absolute Gasteiger partial charge is 0.462 e. The smallest absolute Gasteiger partial charge is 0.306 e. The average Bonchev–Trinajstić information content (AvgIpc) is 3.35. The van der Waals surface area contributed by atoms with E-state index < -0.39 is 6.10 Å². The van der Waals surface area contributed by atoms with Gasteiger partial charge in [0.25, 0.3) is 0 Å². The molecule has 0 rings (SSSR count). The van der Waals surface area contributed by atoms with Gasteiger partial charge in [-0.2, -0.15) is 0 Å². The molecule has 0 N–H and O–H groups in total. The van der Waals surface area contributed by atoms with E-state index in [0.717, 1.165) is 128 Å². The molecular weight excluding hydrogens is 853 g/mol. The van der Waals surface area contributed by atoms with E-state index >= 15 is 0 Å². The van der Waals surface area contributed by atoms with Gasteiger partial charge >= 0.3 is 17.9 Å². The lowest BCUT2D eigenvalue weighted by atomic mass is 10.1. The highest BCUT2D eigenvalue weighted by molar-refractivity contribution is 5.71. The SMILES string of the molecule is CC/C=C\C/C=C\C/C=C\C/C=C\C/C=C\C/C=C\C/C=C\C/C=C\CCCCC(=O)OCC(COC(=O)CCCCCCCCCCCC)OC(=O)CCCCCCC/C=C\C/C=C\CCCC. The molecule has 6 heteroatoms. The predicted molar refractivity (Wildman–Crippen MR) is 297 cm³/mol. The van der Waals surface area contributed by atoms with Crippen molar-refractivity contribution >= 4 is 17.9 Å². The molecule has 0 aromatic rings. The Morgan fingerprint density at radius 1 is 0.304 bits per heavy atom. The van der Waals surface area contributed by atoms with Crippen LogP contribution in [0.2, 0.25) is 0 Å². The Morgan fingerprint density at radius 3 is 0.957 bits per heavy atom. The van der Waals surface area contributed by atoms with Crippen LogP contribution in [0, 0.1) is 0 Å². The van der Waals surface area contributed by atoms with E-state index in [1.807, 2.05) is 0 Å². The molecule has 0 aliphatic heterocycles. The Kier molecular flexibility index (Phi) is 53.0. The molecule has 0 radical (unpaired) electrons. The van der Waals surface area contributed by atoms with Gasteiger partial charge < -0.3 is 14.2 Å². The summed E-state index contributed by atoms with van der Waals surface area (Å²) in [7, 11) is 0. The highest BCUT2D eigenvalue weighted by atomic mass is 16.6. The van der Waals surface area contributed by atoms with Gasteiger partial charge in [0.05, 0.1) is 0 Å². The molecule has 0 aliphatic carbocycles. The molecule has 0 aromatic carbocycles. The van der Waals surface area contributed by atoms with Crippen LogP contribution < -0.4 is 0 Å². The van der Waals surface area contributed by atoms with E-state index in [2.05, 4.69) is 142 Å². The fourth-order valence-corrected chi connectivity index (χ4v) is 7.24. The second-order valence-corrected chi connectivity index (χ2v) is 18.1. The lowest BCUT2D eigenvalue weighted by molar-refractivity contribution is -0.167. The number of ether oxygens (including phenoxy) is 3. The topological polar surface area (TPSA) is 78.9 Å². The van der Waals surface area contributed by atoms with Gasteiger partial charge in [-0.1, -0.05) is 232 Å². The van der Waals surface area contributed by atoms with E-state index in [-0.39, 0.29) is 31.1 Å². The zero-order valence-electron chi connectivity index (χ0n) is 44.5. The number of unbranched alkanes of at least 4 members (excludes halogenated alkanes) is 18. The van der Waals surface area contributed by atoms with Crippen molar-refractivity contribution in [3.63, 3.8) is 0 Å². The molecule has 0 fully saturated rings. The lowest BCUT2D eigenvalue weighted by Gasteiger charge is -2.18. The highest BCUT2D eigenvalue weighted by Gasteiger charge is 2.19. The summed E-state index contributed by atoms with van der Waals surface area (Å²) in [4.78, 5) is 38.0. The second-order valence-electron chi connectivity index (χ2n) is 18.1. The van der Waals surface area contributed by atoms with Gasteiger partial charge in [0, 0.05) is 19.3 Å². The predicted octanol–water partition coefficient (Wildman–Crippen LogP) is 18.9. The van der Waals surface area contributed by atoms with Crippen LogP contribution in [0.4, 0.5) is 0 Å². The van der Waals surface area contributed by atoms with E-state index in [1.165, 1.54) is 64.2 Å². The monoisotopic (exact) mass is 955 g/mol. The van der Waals surface area contributed by atoms with Crippen LogP contribution in [0.5, 0.6) is 0 Å². The maximum absolute atomic E-state index is 12.8. The van der Waals surface area contributed by atoms with Crippen LogP contribution in [0.3, 0.4) is 0 Å². The van der Waals surface area contributed by atoms with Crippen LogP contribution in [0.25, 0.3) is 0 Å². The fraction of sp³-hybridized carbons (Fsp3) is 0.635. The third kappa shape index (κ3) is 54.6. The zero-order valence-corrected chi connectivity index (χ0v) is 44.5. The Hall–Kier alpha value is -4.19. The zero-order chi connectivity index (χ0) is 50.0. The van der Waals surface area contributed by atoms with Crippen molar-refractivity contribution in [2.24, 2.45) is 0 Å². The van der Waals surface area contributed by atoms with E-state index in [0.29, 0.717) is 25.7 Å². The summed E-state index contributed by atoms with van der Waals surface area (Å²) in [6.07, 6.45) is 77.6. The molecule has 0 amide bonds. The third-order valence-electron chi connectivity index (χ3n) is 11.5. The molecule has 0 saturated heterocycles. The molecule has 0 bridgehead atoms. The normalized spacial score (nSPS) is 13.0. The number of rotatable bonds is 49. The van der Waals surface area contributed by atoms with Gasteiger partial charge in [-0.3, -0.25) is 14.4 Å². The van der Waals surface area contributed by atoms with Crippen molar-refractivity contribution < 1.29 is 28.6 Å². The number of hydrogen-bond acceptors (Lipinski definition) is 6. The van der Waals surface area contributed by atoms with Crippen molar-refractivity contribution in [2.45, 2.75) is 245 Å². The van der Waals surface area contributed by atoms with Crippen molar-refractivity contribution in [2.75, 3.05) is 13.2 Å². The van der Waals surface area contributed by atoms with Crippen molar-refractivity contribution in [3.8, 4) is 0 Å². The first kappa shape index (κ1) is 64.8. The third-order valence-corrected chi connectivity index (χ3v) is 11.5. The molecule has 0 aliphatic rings. The van der Waals surface area contributed by atoms with Crippen LogP contribution in [-0.4, -0.2) is 37.2 Å². The van der Waals surface area contributed by atoms with Gasteiger partial charge in [-0.25, -0.2) is 0 Å². The summed E-state index contributed by atoms with van der Waals surface area (Å²) >= 11 is 0. The molecule has 6 nitrogen and oxygen atoms in total. The summed E-state index contributed by atoms with van der Waals surface area (Å²) in [6, 6.07) is 0. The van der Waals surface area contributed by atoms with Crippen molar-refractivity contribution in [1.29, 1.82) is 0 Å². The first-order chi connectivity index (χ1) is 34.0. The molecule has 0 spiro atoms. The number of esters is 3. The van der Waals surface area contributed by atoms with Crippen molar-refractivity contribution in [1.82, 2.24) is 0 Å². The molecular formula is C63H102O6. The quantitative estimate of drug-likeness (QED) is 0.0262. The Bertz CT molecular complexity index is 1470. The average molecular weight is 956 g/mol. The molecule has 1 atom stereocenters. The van der Waals surface area contributed by atoms with Gasteiger partial charge in [0.15, 0.2) is 6.10 Å². The standard InChI is InChI=1S/C63H102O6/c1-4-7-10-13-16-19-22-24-26-27-28-29-30-31-32-33-34-35-36-37-38-40-41-44-47-50-53-56-62(65)68-59-60(58-67-61(64)55-52-49-46-43-21-18-15-12-9-6-3)69-63(66)57-54-51-48-45-42-39-25-23-20-17-14-11-8-5-2/h7,10,14,16-17,19,23-26,28-29,31-32,34-35,37-38,41,44,60H,4-6,8-9,11-13,15,18,20-22,27,30,33,36,39-40,42-43,45-59H2,1-3H3/b10-7-,17-14-,19-16-,25-23-,26-24-,29-28-,32-31-,35-34-,38-37-,44-41-. The molecule has 390 valence electrons. The molecule has 0 saturated carbocycles. The molecule has 69 heavy (non-hydrogen) atoms. The van der Waals surface area contributed by atoms with Gasteiger partial charge in [0.1, 0.15) is 13.2 Å². The summed E-state index contributed by atoms with van der Waals surface area (Å²) in [5.41, 5.74) is 0. The van der Waals surface area contributed by atoms with Gasteiger partial charge in [-0.15, -0.1) is 0 Å². The number of allylic oxidation sites excluding steroid dienone is 20. The van der Waals surface area contributed by atoms with Crippen LogP contribution in [-0.2, 0) is 28.6 Å². The minimum absolute atomic E-state index is 0.0989. The van der Waals surface area contributed by atoms with Crippen molar-refractivity contribution in [3.05, 3.63) is 122 Å². The fourth-order valence-electron chi connectivity index (χ4n) is 7.24. The maximum Gasteiger partial charge on any atom is 0.306 e. The van der Waals surface area contributed by atoms with E-state index in [4.69, 9.17) is 14.2 Å². The first-order valence-electron chi connectivity index (χ1n) is 28.0. The Morgan fingerprint density at radius 2 is 0.580 bits per heavy atom. The lowest BCUT2D eigenvalue weighted by Crippen LogP contribution is -2.30. The number of carbonyl (C=O) groups excluding carboxylic acids is 3. The van der Waals surface area contributed by atoms with Crippen LogP contribution in [0.15, 0.2) is 122 Å². The Balaban J connectivity index is 4.39. The maximum atomic E-state index is 12.8. The van der Waals surface area contributed by atoms with E-state index in [9.17, 15) is 14.4 Å². The minimum Gasteiger partial charge on any atom is -0.462 e. The summed E-state index contributed by atoms with van der Waals surface area (Å²) < 4.78 is 16.8. The molecule has 1 unspecified atom stereocenters. The van der Waals surface area contributed by atoms with E-state index in [1.54, 1.807) is 0 Å². The summed E-state index contributed by atoms with van der Waals surface area (Å²) in [5.74, 6) is -0.965. The first-order valence-corrected chi connectivity index (χ1v) is 28.0. The summed E-state index contributed by atoms with van der Waals surface area (Å²) in [5, 5.41) is 0. The van der Waals surface area contributed by atoms with Gasteiger partial charge in [-0.05, 0) is 109 Å².